The Hall–Kier alpha value is -2.05. The van der Waals surface area contributed by atoms with Crippen LogP contribution in [0.3, 0.4) is 0 Å². The van der Waals surface area contributed by atoms with Crippen molar-refractivity contribution < 1.29 is 9.53 Å². The summed E-state index contributed by atoms with van der Waals surface area (Å²) >= 11 is 3.34. The molecule has 6 heteroatoms. The lowest BCUT2D eigenvalue weighted by Crippen LogP contribution is -2.10. The Morgan fingerprint density at radius 1 is 1.27 bits per heavy atom. The molecule has 0 unspecified atom stereocenters. The summed E-state index contributed by atoms with van der Waals surface area (Å²) < 4.78 is 7.88. The number of carbonyl (C=O) groups is 1. The highest BCUT2D eigenvalue weighted by molar-refractivity contribution is 8.01. The van der Waals surface area contributed by atoms with E-state index < -0.39 is 0 Å². The monoisotopic (exact) mass is 386 g/mol. The second kappa shape index (κ2) is 9.05. The number of nitrogens with zero attached hydrogens (tertiary/aromatic N) is 1. The smallest absolute Gasteiger partial charge is 0.224 e. The minimum absolute atomic E-state index is 0.0549. The van der Waals surface area contributed by atoms with Crippen molar-refractivity contribution in [3.8, 4) is 5.75 Å². The van der Waals surface area contributed by atoms with E-state index in [9.17, 15) is 4.79 Å². The lowest BCUT2D eigenvalue weighted by Gasteiger charge is -2.05. The summed E-state index contributed by atoms with van der Waals surface area (Å²) in [4.78, 5) is 16.4. The number of nitrogens with one attached hydrogen (secondary N) is 1. The highest BCUT2D eigenvalue weighted by Gasteiger charge is 2.07. The van der Waals surface area contributed by atoms with Crippen molar-refractivity contribution >= 4 is 44.9 Å². The van der Waals surface area contributed by atoms with Gasteiger partial charge in [0.05, 0.1) is 16.8 Å². The van der Waals surface area contributed by atoms with E-state index in [4.69, 9.17) is 4.74 Å². The molecule has 0 spiro atoms. The molecule has 136 valence electrons. The van der Waals surface area contributed by atoms with Crippen molar-refractivity contribution in [1.82, 2.24) is 4.98 Å². The van der Waals surface area contributed by atoms with Crippen molar-refractivity contribution in [2.24, 2.45) is 0 Å². The first-order valence-corrected chi connectivity index (χ1v) is 10.5. The summed E-state index contributed by atoms with van der Waals surface area (Å²) in [6.45, 7) is 4.70. The van der Waals surface area contributed by atoms with Crippen molar-refractivity contribution in [2.75, 3.05) is 17.7 Å². The lowest BCUT2D eigenvalue weighted by molar-refractivity contribution is -0.116. The number of carbonyl (C=O) groups excluding carboxylic acids is 1. The molecule has 0 aliphatic rings. The van der Waals surface area contributed by atoms with Crippen LogP contribution < -0.4 is 10.1 Å². The lowest BCUT2D eigenvalue weighted by atomic mass is 10.2. The minimum Gasteiger partial charge on any atom is -0.493 e. The largest absolute Gasteiger partial charge is 0.493 e. The maximum atomic E-state index is 11.7. The molecule has 0 aliphatic carbocycles. The Kier molecular flexibility index (Phi) is 6.52. The average Bonchev–Trinajstić information content (AvgIpc) is 3.01. The molecule has 0 saturated carbocycles. The van der Waals surface area contributed by atoms with E-state index in [0.29, 0.717) is 13.0 Å². The molecule has 0 saturated heterocycles. The Balaban J connectivity index is 1.54. The number of ether oxygens (including phenoxy) is 1. The third kappa shape index (κ3) is 5.22. The van der Waals surface area contributed by atoms with Gasteiger partial charge in [-0.3, -0.25) is 4.79 Å². The number of aromatic nitrogens is 1. The summed E-state index contributed by atoms with van der Waals surface area (Å²) in [5.41, 5.74) is 2.99. The predicted octanol–water partition coefficient (Wildman–Crippen LogP) is 5.51. The highest BCUT2D eigenvalue weighted by Crippen LogP contribution is 2.31. The molecular formula is C20H22N2O2S2. The van der Waals surface area contributed by atoms with Crippen LogP contribution in [0.1, 0.15) is 25.3 Å². The van der Waals surface area contributed by atoms with Crippen LogP contribution in [0.5, 0.6) is 5.75 Å². The van der Waals surface area contributed by atoms with Crippen molar-refractivity contribution in [3.63, 3.8) is 0 Å². The molecule has 0 radical (unpaired) electrons. The number of benzene rings is 2. The van der Waals surface area contributed by atoms with Gasteiger partial charge in [-0.2, -0.15) is 0 Å². The highest BCUT2D eigenvalue weighted by atomic mass is 32.2. The summed E-state index contributed by atoms with van der Waals surface area (Å²) in [6.07, 6.45) is 1.39. The summed E-state index contributed by atoms with van der Waals surface area (Å²) in [5.74, 6) is 1.80. The quantitative estimate of drug-likeness (QED) is 0.409. The van der Waals surface area contributed by atoms with Crippen LogP contribution in [0.4, 0.5) is 5.69 Å². The van der Waals surface area contributed by atoms with E-state index in [1.54, 1.807) is 23.1 Å². The number of hydrogen-bond acceptors (Lipinski definition) is 5. The molecule has 26 heavy (non-hydrogen) atoms. The molecule has 3 rings (SSSR count). The maximum absolute atomic E-state index is 11.7. The van der Waals surface area contributed by atoms with Gasteiger partial charge in [0.25, 0.3) is 0 Å². The normalized spacial score (nSPS) is 10.8. The second-order valence-corrected chi connectivity index (χ2v) is 8.35. The summed E-state index contributed by atoms with van der Waals surface area (Å²) in [7, 11) is 0. The standard InChI is InChI=1S/C20H22N2O2S2/c1-3-5-19(23)21-15-8-9-17-18(13-15)26-20(22-17)25-11-10-24-16-7-4-6-14(2)12-16/h4,6-9,12-13H,3,5,10-11H2,1-2H3,(H,21,23). The van der Waals surface area contributed by atoms with E-state index in [1.165, 1.54) is 5.56 Å². The maximum Gasteiger partial charge on any atom is 0.224 e. The Labute approximate surface area is 162 Å². The molecule has 1 N–H and O–H groups in total. The average molecular weight is 387 g/mol. The Bertz CT molecular complexity index is 892. The molecular weight excluding hydrogens is 364 g/mol. The Morgan fingerprint density at radius 3 is 2.96 bits per heavy atom. The van der Waals surface area contributed by atoms with Crippen molar-refractivity contribution in [1.29, 1.82) is 0 Å². The van der Waals surface area contributed by atoms with Crippen LogP contribution in [0.25, 0.3) is 10.2 Å². The van der Waals surface area contributed by atoms with Crippen LogP contribution in [-0.4, -0.2) is 23.3 Å². The van der Waals surface area contributed by atoms with Crippen LogP contribution in [-0.2, 0) is 4.79 Å². The second-order valence-electron chi connectivity index (χ2n) is 5.97. The van der Waals surface area contributed by atoms with E-state index in [2.05, 4.69) is 23.3 Å². The van der Waals surface area contributed by atoms with Gasteiger partial charge in [0, 0.05) is 17.9 Å². The topological polar surface area (TPSA) is 51.2 Å². The molecule has 0 aliphatic heterocycles. The first-order chi connectivity index (χ1) is 12.6. The fraction of sp³-hybridized carbons (Fsp3) is 0.300. The van der Waals surface area contributed by atoms with E-state index >= 15 is 0 Å². The third-order valence-electron chi connectivity index (χ3n) is 3.70. The van der Waals surface area contributed by atoms with Gasteiger partial charge in [0.2, 0.25) is 5.91 Å². The SMILES string of the molecule is CCCC(=O)Nc1ccc2nc(SCCOc3cccc(C)c3)sc2c1. The van der Waals surface area contributed by atoms with Gasteiger partial charge >= 0.3 is 0 Å². The number of amides is 1. The zero-order valence-corrected chi connectivity index (χ0v) is 16.6. The molecule has 4 nitrogen and oxygen atoms in total. The number of thioether (sulfide) groups is 1. The third-order valence-corrected chi connectivity index (χ3v) is 5.82. The molecule has 2 aromatic carbocycles. The zero-order valence-electron chi connectivity index (χ0n) is 15.0. The Morgan fingerprint density at radius 2 is 2.15 bits per heavy atom. The van der Waals surface area contributed by atoms with Crippen molar-refractivity contribution in [3.05, 3.63) is 48.0 Å². The molecule has 0 atom stereocenters. The van der Waals surface area contributed by atoms with Crippen LogP contribution in [0.2, 0.25) is 0 Å². The van der Waals surface area contributed by atoms with Crippen molar-refractivity contribution in [2.45, 2.75) is 31.0 Å². The van der Waals surface area contributed by atoms with Gasteiger partial charge in [0.15, 0.2) is 4.34 Å². The van der Waals surface area contributed by atoms with Gasteiger partial charge in [-0.15, -0.1) is 11.3 Å². The number of thiazole rings is 1. The van der Waals surface area contributed by atoms with Gasteiger partial charge in [-0.1, -0.05) is 30.8 Å². The number of anilines is 1. The molecule has 3 aromatic rings. The van der Waals surface area contributed by atoms with Gasteiger partial charge in [-0.25, -0.2) is 4.98 Å². The van der Waals surface area contributed by atoms with Crippen LogP contribution >= 0.6 is 23.1 Å². The number of rotatable bonds is 8. The van der Waals surface area contributed by atoms with Gasteiger partial charge in [-0.05, 0) is 49.2 Å². The molecule has 1 heterocycles. The summed E-state index contributed by atoms with van der Waals surface area (Å²) in [6, 6.07) is 13.9. The number of aryl methyl sites for hydroxylation is 1. The number of hydrogen-bond donors (Lipinski definition) is 1. The first kappa shape index (κ1) is 18.7. The van der Waals surface area contributed by atoms with Crippen LogP contribution in [0, 0.1) is 6.92 Å². The molecule has 1 amide bonds. The first-order valence-electron chi connectivity index (χ1n) is 8.67. The fourth-order valence-electron chi connectivity index (χ4n) is 2.49. The van der Waals surface area contributed by atoms with Gasteiger partial charge in [0.1, 0.15) is 5.75 Å². The number of fused-ring (bicyclic) bond motifs is 1. The molecule has 1 aromatic heterocycles. The predicted molar refractivity (Wildman–Crippen MR) is 111 cm³/mol. The minimum atomic E-state index is 0.0549. The van der Waals surface area contributed by atoms with Crippen LogP contribution in [0.15, 0.2) is 46.8 Å². The molecule has 0 fully saturated rings. The van der Waals surface area contributed by atoms with E-state index in [-0.39, 0.29) is 5.91 Å². The fourth-order valence-corrected chi connectivity index (χ4v) is 4.48. The van der Waals surface area contributed by atoms with E-state index in [0.717, 1.165) is 38.2 Å². The van der Waals surface area contributed by atoms with Gasteiger partial charge < -0.3 is 10.1 Å². The van der Waals surface area contributed by atoms with E-state index in [1.807, 2.05) is 43.3 Å². The molecule has 0 bridgehead atoms. The summed E-state index contributed by atoms with van der Waals surface area (Å²) in [5, 5.41) is 2.93. The zero-order chi connectivity index (χ0) is 18.4.